The van der Waals surface area contributed by atoms with Crippen LogP contribution >= 0.6 is 0 Å². The van der Waals surface area contributed by atoms with Crippen LogP contribution < -0.4 is 0 Å². The molecule has 0 aliphatic carbocycles. The largest absolute Gasteiger partial charge is 0.463 e. The van der Waals surface area contributed by atoms with Crippen LogP contribution in [0.2, 0.25) is 0 Å². The lowest BCUT2D eigenvalue weighted by molar-refractivity contribution is -0.137. The maximum atomic E-state index is 10.7. The lowest BCUT2D eigenvalue weighted by Gasteiger charge is -2.03. The average molecular weight is 335 g/mol. The van der Waals surface area contributed by atoms with E-state index in [0.717, 1.165) is 6.42 Å². The lowest BCUT2D eigenvalue weighted by atomic mass is 10.1. The molecule has 1 aromatic rings. The Morgan fingerprint density at radius 3 is 2.04 bits per heavy atom. The summed E-state index contributed by atoms with van der Waals surface area (Å²) >= 11 is 0. The van der Waals surface area contributed by atoms with Crippen molar-refractivity contribution in [1.82, 2.24) is 9.55 Å². The predicted molar refractivity (Wildman–Crippen MR) is 102 cm³/mol. The van der Waals surface area contributed by atoms with Gasteiger partial charge in [0.2, 0.25) is 0 Å². The Kier molecular flexibility index (Phi) is 16.2. The zero-order valence-corrected chi connectivity index (χ0v) is 15.3. The summed E-state index contributed by atoms with van der Waals surface area (Å²) < 4.78 is 6.68. The van der Waals surface area contributed by atoms with Crippen LogP contribution in [0.3, 0.4) is 0 Å². The molecule has 0 atom stereocenters. The molecule has 4 nitrogen and oxygen atoms in total. The van der Waals surface area contributed by atoms with Crippen molar-refractivity contribution < 1.29 is 9.53 Å². The molecule has 1 aromatic heterocycles. The summed E-state index contributed by atoms with van der Waals surface area (Å²) in [5.74, 6) is -0.305. The number of carbonyl (C=O) groups excluding carboxylic acids is 1. The summed E-state index contributed by atoms with van der Waals surface area (Å²) in [7, 11) is 0. The Labute approximate surface area is 147 Å². The van der Waals surface area contributed by atoms with Gasteiger partial charge >= 0.3 is 5.97 Å². The second-order valence-electron chi connectivity index (χ2n) is 5.75. The second-order valence-corrected chi connectivity index (χ2v) is 5.75. The highest BCUT2D eigenvalue weighted by Crippen LogP contribution is 2.10. The molecule has 0 bridgehead atoms. The van der Waals surface area contributed by atoms with E-state index in [9.17, 15) is 4.79 Å². The molecule has 0 saturated carbocycles. The fourth-order valence-electron chi connectivity index (χ4n) is 2.20. The Bertz CT molecular complexity index is 413. The number of carbonyl (C=O) groups is 1. The maximum absolute atomic E-state index is 10.7. The van der Waals surface area contributed by atoms with Gasteiger partial charge in [0.15, 0.2) is 0 Å². The molecule has 136 valence electrons. The molecule has 0 unspecified atom stereocenters. The molecule has 0 N–H and O–H groups in total. The summed E-state index contributed by atoms with van der Waals surface area (Å²) in [6, 6.07) is 0. The number of nitrogens with zero attached hydrogens (tertiary/aromatic N) is 2. The highest BCUT2D eigenvalue weighted by Gasteiger charge is 1.95. The number of aromatic nitrogens is 2. The molecule has 0 fully saturated rings. The minimum atomic E-state index is -0.305. The van der Waals surface area contributed by atoms with Gasteiger partial charge in [-0.25, -0.2) is 9.78 Å². The molecule has 0 radical (unpaired) electrons. The van der Waals surface area contributed by atoms with Crippen molar-refractivity contribution in [3.8, 4) is 0 Å². The first-order chi connectivity index (χ1) is 11.7. The number of unbranched alkanes of at least 4 members (excludes halogenated alkanes) is 9. The van der Waals surface area contributed by atoms with Gasteiger partial charge in [0.05, 0.1) is 12.9 Å². The monoisotopic (exact) mass is 334 g/mol. The lowest BCUT2D eigenvalue weighted by Crippen LogP contribution is -2.01. The smallest absolute Gasteiger partial charge is 0.330 e. The molecule has 0 aliphatic rings. The van der Waals surface area contributed by atoms with Crippen molar-refractivity contribution in [3.05, 3.63) is 38.0 Å². The van der Waals surface area contributed by atoms with E-state index in [-0.39, 0.29) is 5.97 Å². The first-order valence-corrected chi connectivity index (χ1v) is 9.13. The van der Waals surface area contributed by atoms with E-state index in [1.807, 2.05) is 6.20 Å². The van der Waals surface area contributed by atoms with Crippen LogP contribution in [0, 0.1) is 0 Å². The van der Waals surface area contributed by atoms with Gasteiger partial charge in [-0.2, -0.15) is 0 Å². The summed E-state index contributed by atoms with van der Waals surface area (Å²) in [4.78, 5) is 14.5. The number of rotatable bonds is 13. The van der Waals surface area contributed by atoms with Gasteiger partial charge in [0, 0.05) is 24.7 Å². The van der Waals surface area contributed by atoms with Crippen LogP contribution in [-0.4, -0.2) is 22.1 Å². The van der Waals surface area contributed by atoms with Gasteiger partial charge < -0.3 is 9.30 Å². The van der Waals surface area contributed by atoms with Crippen LogP contribution in [-0.2, 0) is 9.53 Å². The molecule has 24 heavy (non-hydrogen) atoms. The van der Waals surface area contributed by atoms with Crippen molar-refractivity contribution in [1.29, 1.82) is 0 Å². The van der Waals surface area contributed by atoms with E-state index < -0.39 is 0 Å². The van der Waals surface area contributed by atoms with E-state index in [0.29, 0.717) is 6.61 Å². The topological polar surface area (TPSA) is 44.1 Å². The molecule has 0 aliphatic heterocycles. The van der Waals surface area contributed by atoms with E-state index in [4.69, 9.17) is 4.74 Å². The van der Waals surface area contributed by atoms with Crippen molar-refractivity contribution in [3.63, 3.8) is 0 Å². The van der Waals surface area contributed by atoms with Crippen molar-refractivity contribution in [2.75, 3.05) is 6.61 Å². The van der Waals surface area contributed by atoms with Gasteiger partial charge in [-0.05, 0) is 6.42 Å². The van der Waals surface area contributed by atoms with Gasteiger partial charge in [0.25, 0.3) is 0 Å². The van der Waals surface area contributed by atoms with E-state index in [2.05, 4.69) is 25.1 Å². The summed E-state index contributed by atoms with van der Waals surface area (Å²) in [5, 5.41) is 0. The molecular weight excluding hydrogens is 300 g/mol. The number of esters is 1. The Morgan fingerprint density at radius 2 is 1.62 bits per heavy atom. The maximum Gasteiger partial charge on any atom is 0.330 e. The first kappa shape index (κ1) is 22.2. The zero-order chi connectivity index (χ0) is 17.9. The van der Waals surface area contributed by atoms with Crippen molar-refractivity contribution in [2.24, 2.45) is 0 Å². The van der Waals surface area contributed by atoms with Crippen molar-refractivity contribution >= 4 is 12.2 Å². The number of ether oxygens (including phenoxy) is 1. The molecule has 1 heterocycles. The minimum Gasteiger partial charge on any atom is -0.463 e. The molecular formula is C20H34N2O2. The molecule has 1 rings (SSSR count). The number of hydrogen-bond donors (Lipinski definition) is 0. The molecule has 0 amide bonds. The number of hydrogen-bond acceptors (Lipinski definition) is 3. The van der Waals surface area contributed by atoms with Gasteiger partial charge in [-0.3, -0.25) is 0 Å². The fraction of sp³-hybridized carbons (Fsp3) is 0.600. The summed E-state index contributed by atoms with van der Waals surface area (Å²) in [5.41, 5.74) is 0. The minimum absolute atomic E-state index is 0.305. The normalized spacial score (nSPS) is 9.71. The van der Waals surface area contributed by atoms with E-state index in [1.165, 1.54) is 63.9 Å². The third-order valence-electron chi connectivity index (χ3n) is 3.64. The van der Waals surface area contributed by atoms with Gasteiger partial charge in [-0.15, -0.1) is 0 Å². The van der Waals surface area contributed by atoms with Crippen LogP contribution in [0.1, 0.15) is 71.1 Å². The van der Waals surface area contributed by atoms with Gasteiger partial charge in [0.1, 0.15) is 0 Å². The fourth-order valence-corrected chi connectivity index (χ4v) is 2.20. The SMILES string of the molecule is C=CC(=O)OCCCCCCCCCCCC.C=Cn1ccnc1. The van der Waals surface area contributed by atoms with Crippen LogP contribution in [0.25, 0.3) is 6.20 Å². The third-order valence-corrected chi connectivity index (χ3v) is 3.64. The quantitative estimate of drug-likeness (QED) is 0.267. The van der Waals surface area contributed by atoms with Gasteiger partial charge in [-0.1, -0.05) is 77.9 Å². The second kappa shape index (κ2) is 17.5. The molecule has 0 saturated heterocycles. The average Bonchev–Trinajstić information content (AvgIpc) is 3.13. The Hall–Kier alpha value is -1.84. The Morgan fingerprint density at radius 1 is 1.04 bits per heavy atom. The highest BCUT2D eigenvalue weighted by atomic mass is 16.5. The molecule has 4 heteroatoms. The third kappa shape index (κ3) is 15.1. The van der Waals surface area contributed by atoms with Crippen LogP contribution in [0.15, 0.2) is 38.0 Å². The molecule has 0 spiro atoms. The number of imidazole rings is 1. The molecule has 0 aromatic carbocycles. The van der Waals surface area contributed by atoms with E-state index >= 15 is 0 Å². The van der Waals surface area contributed by atoms with Crippen LogP contribution in [0.4, 0.5) is 0 Å². The Balaban J connectivity index is 0.000000620. The summed E-state index contributed by atoms with van der Waals surface area (Å²) in [6.45, 7) is 9.67. The zero-order valence-electron chi connectivity index (χ0n) is 15.3. The van der Waals surface area contributed by atoms with E-state index in [1.54, 1.807) is 23.3 Å². The standard InChI is InChI=1S/C15H28O2.C5H6N2/c1-3-5-6-7-8-9-10-11-12-13-14-17-15(16)4-2;1-2-7-4-3-6-5-7/h4H,2-3,5-14H2,1H3;2-5H,1H2. The van der Waals surface area contributed by atoms with Crippen molar-refractivity contribution in [2.45, 2.75) is 71.1 Å². The first-order valence-electron chi connectivity index (χ1n) is 9.13. The predicted octanol–water partition coefficient (Wildman–Crippen LogP) is 5.62. The highest BCUT2D eigenvalue weighted by molar-refractivity contribution is 5.81. The van der Waals surface area contributed by atoms with Crippen LogP contribution in [0.5, 0.6) is 0 Å². The summed E-state index contributed by atoms with van der Waals surface area (Å²) in [6.07, 6.45) is 21.1.